The number of carbonyl (C=O) groups is 5. The van der Waals surface area contributed by atoms with Gasteiger partial charge in [-0.2, -0.15) is 5.26 Å². The highest BCUT2D eigenvalue weighted by Crippen LogP contribution is 2.54. The van der Waals surface area contributed by atoms with E-state index in [0.717, 1.165) is 0 Å². The van der Waals surface area contributed by atoms with E-state index in [1.54, 1.807) is 30.3 Å². The van der Waals surface area contributed by atoms with Gasteiger partial charge < -0.3 is 21.1 Å². The van der Waals surface area contributed by atoms with Gasteiger partial charge in [-0.25, -0.2) is 0 Å². The molecule has 2 aromatic rings. The molecule has 0 aliphatic heterocycles. The first-order valence-corrected chi connectivity index (χ1v) is 12.4. The van der Waals surface area contributed by atoms with Crippen LogP contribution in [-0.2, 0) is 19.2 Å². The second kappa shape index (κ2) is 9.31. The fourth-order valence-corrected chi connectivity index (χ4v) is 6.50. The normalized spacial score (nSPS) is 32.4. The number of phenolic OH excluding ortho intramolecular Hbond substituents is 1. The minimum atomic E-state index is -3.08. The average molecular weight is 544 g/mol. The van der Waals surface area contributed by atoms with Crippen LogP contribution in [0.25, 0.3) is 11.6 Å². The number of likely N-dealkylation sites (N-methyl/N-ethyl adjacent to an activating group) is 1. The summed E-state index contributed by atoms with van der Waals surface area (Å²) in [5.74, 6) is -13.5. The fraction of sp³-hybridized carbons (Fsp3) is 0.310. The summed E-state index contributed by atoms with van der Waals surface area (Å²) in [5, 5.41) is 43.4. The number of aromatic hydroxyl groups is 1. The number of fused-ring (bicyclic) bond motifs is 3. The van der Waals surface area contributed by atoms with E-state index in [1.165, 1.54) is 37.2 Å². The Kier molecular flexibility index (Phi) is 6.30. The van der Waals surface area contributed by atoms with Crippen molar-refractivity contribution in [3.05, 3.63) is 64.7 Å². The third kappa shape index (κ3) is 3.57. The second-order valence-corrected chi connectivity index (χ2v) is 10.6. The van der Waals surface area contributed by atoms with Crippen molar-refractivity contribution in [2.45, 2.75) is 17.7 Å². The van der Waals surface area contributed by atoms with Gasteiger partial charge in [0, 0.05) is 5.92 Å². The Balaban J connectivity index is 1.79. The first-order valence-electron chi connectivity index (χ1n) is 12.4. The highest BCUT2D eigenvalue weighted by atomic mass is 16.3. The summed E-state index contributed by atoms with van der Waals surface area (Å²) in [6, 6.07) is 11.1. The molecule has 1 amide bonds. The number of Topliss-reactive ketones (excluding diaryl/α,β-unsaturated/α-hetero) is 4. The van der Waals surface area contributed by atoms with Crippen molar-refractivity contribution in [2.24, 2.45) is 29.4 Å². The molecule has 0 aromatic heterocycles. The molecule has 2 saturated carbocycles. The van der Waals surface area contributed by atoms with E-state index in [-0.39, 0.29) is 16.7 Å². The van der Waals surface area contributed by atoms with Crippen LogP contribution in [0.1, 0.15) is 27.0 Å². The summed E-state index contributed by atoms with van der Waals surface area (Å²) < 4.78 is 0. The Bertz CT molecular complexity index is 1570. The molecule has 2 fully saturated rings. The van der Waals surface area contributed by atoms with Gasteiger partial charge in [0.05, 0.1) is 41.2 Å². The first kappa shape index (κ1) is 27.1. The number of hydrogen-bond donors (Lipinski definition) is 4. The number of primary amides is 1. The number of nitrogens with two attached hydrogens (primary N) is 1. The molecule has 2 aromatic carbocycles. The van der Waals surface area contributed by atoms with Gasteiger partial charge in [0.2, 0.25) is 5.91 Å². The number of carbonyl (C=O) groups excluding carboxylic acids is 5. The third-order valence-corrected chi connectivity index (χ3v) is 8.23. The Morgan fingerprint density at radius 3 is 2.30 bits per heavy atom. The summed E-state index contributed by atoms with van der Waals surface area (Å²) in [6.45, 7) is 0. The van der Waals surface area contributed by atoms with Crippen LogP contribution in [0.5, 0.6) is 5.75 Å². The number of benzene rings is 2. The van der Waals surface area contributed by atoms with E-state index in [2.05, 4.69) is 0 Å². The van der Waals surface area contributed by atoms with Crippen molar-refractivity contribution in [3.8, 4) is 11.8 Å². The Morgan fingerprint density at radius 2 is 1.73 bits per heavy atom. The lowest BCUT2D eigenvalue weighted by molar-refractivity contribution is -0.192. The second-order valence-electron chi connectivity index (χ2n) is 10.6. The lowest BCUT2D eigenvalue weighted by atomic mass is 9.50. The molecule has 5 N–H and O–H groups in total. The molecule has 3 aliphatic rings. The molecular formula is C29H25N3O8. The van der Waals surface area contributed by atoms with E-state index in [9.17, 15) is 39.3 Å². The highest BCUT2D eigenvalue weighted by molar-refractivity contribution is 6.33. The Labute approximate surface area is 228 Å². The number of amides is 1. The van der Waals surface area contributed by atoms with Crippen molar-refractivity contribution in [3.63, 3.8) is 0 Å². The zero-order chi connectivity index (χ0) is 29.3. The van der Waals surface area contributed by atoms with Gasteiger partial charge in [0.15, 0.2) is 34.7 Å². The number of aliphatic hydroxyl groups excluding tert-OH is 1. The molecule has 0 saturated heterocycles. The SMILES string of the molecule is CN(C)C1C(=O)C(C(N)=O)C(=O)C2(O)C(=O)C3C(=O)c4c(O)cccc4C(=Cc4ccc(C#N)cc4)C3C(O)C12. The third-order valence-electron chi connectivity index (χ3n) is 8.23. The van der Waals surface area contributed by atoms with Crippen LogP contribution in [0.3, 0.4) is 0 Å². The Hall–Kier alpha value is -4.50. The maximum absolute atomic E-state index is 14.1. The number of rotatable bonds is 3. The summed E-state index contributed by atoms with van der Waals surface area (Å²) >= 11 is 0. The van der Waals surface area contributed by atoms with Crippen LogP contribution in [0.15, 0.2) is 42.5 Å². The minimum Gasteiger partial charge on any atom is -0.507 e. The maximum Gasteiger partial charge on any atom is 0.235 e. The molecule has 7 unspecified atom stereocenters. The number of nitriles is 1. The van der Waals surface area contributed by atoms with Crippen molar-refractivity contribution in [1.82, 2.24) is 4.90 Å². The number of nitrogens with zero attached hydrogens (tertiary/aromatic N) is 2. The smallest absolute Gasteiger partial charge is 0.235 e. The van der Waals surface area contributed by atoms with E-state index in [4.69, 9.17) is 11.0 Å². The van der Waals surface area contributed by atoms with E-state index < -0.39 is 76.2 Å². The molecule has 204 valence electrons. The predicted octanol–water partition coefficient (Wildman–Crippen LogP) is -0.292. The fourth-order valence-electron chi connectivity index (χ4n) is 6.50. The predicted molar refractivity (Wildman–Crippen MR) is 138 cm³/mol. The quantitative estimate of drug-likeness (QED) is 0.373. The van der Waals surface area contributed by atoms with Crippen molar-refractivity contribution in [1.29, 1.82) is 5.26 Å². The monoisotopic (exact) mass is 543 g/mol. The number of hydrogen-bond acceptors (Lipinski definition) is 10. The minimum absolute atomic E-state index is 0.220. The number of ketones is 4. The van der Waals surface area contributed by atoms with E-state index >= 15 is 0 Å². The van der Waals surface area contributed by atoms with E-state index in [0.29, 0.717) is 11.1 Å². The van der Waals surface area contributed by atoms with Crippen LogP contribution in [0, 0.1) is 35.0 Å². The van der Waals surface area contributed by atoms with Gasteiger partial charge in [0.25, 0.3) is 0 Å². The average Bonchev–Trinajstić information content (AvgIpc) is 2.90. The highest BCUT2D eigenvalue weighted by Gasteiger charge is 2.72. The molecular weight excluding hydrogens is 518 g/mol. The lowest BCUT2D eigenvalue weighted by Gasteiger charge is -2.55. The van der Waals surface area contributed by atoms with Gasteiger partial charge in [-0.05, 0) is 49.0 Å². The van der Waals surface area contributed by atoms with Gasteiger partial charge in [-0.1, -0.05) is 30.3 Å². The number of aliphatic hydroxyl groups is 2. The van der Waals surface area contributed by atoms with Gasteiger partial charge in [-0.3, -0.25) is 28.9 Å². The zero-order valence-corrected chi connectivity index (χ0v) is 21.4. The molecule has 0 bridgehead atoms. The first-order chi connectivity index (χ1) is 18.9. The van der Waals surface area contributed by atoms with Crippen LogP contribution in [0.4, 0.5) is 0 Å². The van der Waals surface area contributed by atoms with Crippen molar-refractivity contribution in [2.75, 3.05) is 14.1 Å². The summed E-state index contributed by atoms with van der Waals surface area (Å²) in [5.41, 5.74) is 3.39. The molecule has 0 spiro atoms. The van der Waals surface area contributed by atoms with Crippen LogP contribution in [-0.4, -0.2) is 81.1 Å². The zero-order valence-electron chi connectivity index (χ0n) is 21.4. The standard InChI is InChI=1S/C29H25N3O8/c1-32(2)22-21-24(35)18-15(10-12-6-8-13(11-30)9-7-12)14-4-3-5-16(33)17(14)23(34)19(18)26(37)29(21,40)27(38)20(25(22)36)28(31)39/h3-10,18-22,24,33,35,40H,1-2H3,(H2,31,39). The Morgan fingerprint density at radius 1 is 1.07 bits per heavy atom. The van der Waals surface area contributed by atoms with Gasteiger partial charge >= 0.3 is 0 Å². The van der Waals surface area contributed by atoms with Crippen LogP contribution < -0.4 is 5.73 Å². The molecule has 40 heavy (non-hydrogen) atoms. The van der Waals surface area contributed by atoms with E-state index in [1.807, 2.05) is 6.07 Å². The van der Waals surface area contributed by atoms with Crippen molar-refractivity contribution < 1.29 is 39.3 Å². The molecule has 11 heteroatoms. The molecule has 5 rings (SSSR count). The molecule has 0 radical (unpaired) electrons. The van der Waals surface area contributed by atoms with Gasteiger partial charge in [0.1, 0.15) is 5.75 Å². The molecule has 7 atom stereocenters. The summed E-state index contributed by atoms with van der Waals surface area (Å²) in [4.78, 5) is 68.1. The number of phenols is 1. The summed E-state index contributed by atoms with van der Waals surface area (Å²) in [6.07, 6.45) is -0.223. The summed E-state index contributed by atoms with van der Waals surface area (Å²) in [7, 11) is 2.85. The van der Waals surface area contributed by atoms with Gasteiger partial charge in [-0.15, -0.1) is 0 Å². The van der Waals surface area contributed by atoms with Crippen LogP contribution in [0.2, 0.25) is 0 Å². The molecule has 0 heterocycles. The molecule has 11 nitrogen and oxygen atoms in total. The maximum atomic E-state index is 14.1. The molecule has 3 aliphatic carbocycles. The largest absolute Gasteiger partial charge is 0.507 e. The lowest BCUT2D eigenvalue weighted by Crippen LogP contribution is -2.77. The van der Waals surface area contributed by atoms with Crippen molar-refractivity contribution >= 4 is 40.7 Å². The van der Waals surface area contributed by atoms with Crippen LogP contribution >= 0.6 is 0 Å². The topological polar surface area (TPSA) is 199 Å².